The van der Waals surface area contributed by atoms with Gasteiger partial charge in [0.15, 0.2) is 5.82 Å². The normalized spacial score (nSPS) is 11.6. The number of aromatic nitrogens is 2. The number of nitrogens with zero attached hydrogens (tertiary/aromatic N) is 1. The molecule has 2 heterocycles. The third-order valence-electron chi connectivity index (χ3n) is 4.60. The van der Waals surface area contributed by atoms with Gasteiger partial charge in [-0.3, -0.25) is 9.52 Å². The van der Waals surface area contributed by atoms with Crippen LogP contribution in [0.25, 0.3) is 11.0 Å². The standard InChI is InChI=1S/C21H14ClF2N3O3S/c1-11-3-2-4-13(7-11)31(29,30)27-17-6-5-16(23)18(19(17)24)20(28)15-10-26-21-14(15)8-12(22)9-25-21/h2-10,27H,1H3,(H,25,26). The Morgan fingerprint density at radius 2 is 1.94 bits per heavy atom. The summed E-state index contributed by atoms with van der Waals surface area (Å²) in [5.74, 6) is -3.45. The minimum atomic E-state index is -4.17. The van der Waals surface area contributed by atoms with Gasteiger partial charge in [0.2, 0.25) is 5.78 Å². The molecule has 2 aromatic carbocycles. The van der Waals surface area contributed by atoms with E-state index in [1.54, 1.807) is 13.0 Å². The van der Waals surface area contributed by atoms with Crippen molar-refractivity contribution in [3.05, 3.63) is 88.2 Å². The van der Waals surface area contributed by atoms with E-state index in [0.29, 0.717) is 11.2 Å². The van der Waals surface area contributed by atoms with Crippen LogP contribution in [0, 0.1) is 18.6 Å². The van der Waals surface area contributed by atoms with E-state index in [1.807, 2.05) is 0 Å². The van der Waals surface area contributed by atoms with Gasteiger partial charge < -0.3 is 4.98 Å². The molecule has 0 saturated carbocycles. The summed E-state index contributed by atoms with van der Waals surface area (Å²) < 4.78 is 57.0. The molecule has 0 fully saturated rings. The number of benzene rings is 2. The van der Waals surface area contributed by atoms with Crippen LogP contribution in [0.5, 0.6) is 0 Å². The fourth-order valence-electron chi connectivity index (χ4n) is 3.13. The number of rotatable bonds is 5. The van der Waals surface area contributed by atoms with Crippen molar-refractivity contribution in [2.75, 3.05) is 4.72 Å². The first kappa shape index (κ1) is 21.0. The maximum Gasteiger partial charge on any atom is 0.261 e. The van der Waals surface area contributed by atoms with Crippen LogP contribution < -0.4 is 4.72 Å². The second-order valence-electron chi connectivity index (χ2n) is 6.79. The lowest BCUT2D eigenvalue weighted by molar-refractivity contribution is 0.103. The minimum Gasteiger partial charge on any atom is -0.345 e. The lowest BCUT2D eigenvalue weighted by Crippen LogP contribution is -2.16. The van der Waals surface area contributed by atoms with Crippen molar-refractivity contribution in [2.24, 2.45) is 0 Å². The zero-order chi connectivity index (χ0) is 22.3. The SMILES string of the molecule is Cc1cccc(S(=O)(=O)Nc2ccc(F)c(C(=O)c3c[nH]c4ncc(Cl)cc34)c2F)c1. The number of sulfonamides is 1. The number of halogens is 3. The number of carbonyl (C=O) groups is 1. The topological polar surface area (TPSA) is 91.9 Å². The Bertz CT molecular complexity index is 1450. The number of hydrogen-bond donors (Lipinski definition) is 2. The summed E-state index contributed by atoms with van der Waals surface area (Å²) in [6.07, 6.45) is 2.62. The van der Waals surface area contributed by atoms with Gasteiger partial charge in [0.25, 0.3) is 10.0 Å². The van der Waals surface area contributed by atoms with Crippen LogP contribution >= 0.6 is 11.6 Å². The Kier molecular flexibility index (Phi) is 5.24. The molecule has 31 heavy (non-hydrogen) atoms. The van der Waals surface area contributed by atoms with Crippen LogP contribution in [-0.4, -0.2) is 24.2 Å². The number of carbonyl (C=O) groups excluding carboxylic acids is 1. The minimum absolute atomic E-state index is 0.0542. The molecule has 2 aromatic heterocycles. The average Bonchev–Trinajstić information content (AvgIpc) is 3.13. The molecular formula is C21H14ClF2N3O3S. The monoisotopic (exact) mass is 461 g/mol. The number of aryl methyl sites for hydroxylation is 1. The molecule has 0 bridgehead atoms. The molecule has 0 spiro atoms. The molecule has 4 rings (SSSR count). The van der Waals surface area contributed by atoms with Gasteiger partial charge in [-0.2, -0.15) is 0 Å². The smallest absolute Gasteiger partial charge is 0.261 e. The lowest BCUT2D eigenvalue weighted by atomic mass is 10.0. The maximum absolute atomic E-state index is 15.1. The van der Waals surface area contributed by atoms with Crippen LogP contribution in [0.4, 0.5) is 14.5 Å². The first-order chi connectivity index (χ1) is 14.7. The molecule has 10 heteroatoms. The molecule has 0 radical (unpaired) electrons. The first-order valence-corrected chi connectivity index (χ1v) is 10.8. The third-order valence-corrected chi connectivity index (χ3v) is 6.17. The highest BCUT2D eigenvalue weighted by Gasteiger charge is 2.26. The van der Waals surface area contributed by atoms with Crippen LogP contribution in [-0.2, 0) is 10.0 Å². The van der Waals surface area contributed by atoms with E-state index in [9.17, 15) is 17.6 Å². The van der Waals surface area contributed by atoms with Crippen LogP contribution in [0.3, 0.4) is 0 Å². The van der Waals surface area contributed by atoms with Crippen LogP contribution in [0.15, 0.2) is 59.8 Å². The molecule has 2 N–H and O–H groups in total. The maximum atomic E-state index is 15.1. The van der Waals surface area contributed by atoms with Gasteiger partial charge in [-0.1, -0.05) is 23.7 Å². The fourth-order valence-corrected chi connectivity index (χ4v) is 4.45. The van der Waals surface area contributed by atoms with Crippen molar-refractivity contribution in [2.45, 2.75) is 11.8 Å². The van der Waals surface area contributed by atoms with Gasteiger partial charge in [0.1, 0.15) is 11.5 Å². The van der Waals surface area contributed by atoms with Gasteiger partial charge in [0.05, 0.1) is 21.2 Å². The van der Waals surface area contributed by atoms with E-state index in [0.717, 1.165) is 12.1 Å². The predicted octanol–water partition coefficient (Wildman–Crippen LogP) is 4.83. The highest BCUT2D eigenvalue weighted by molar-refractivity contribution is 7.92. The third kappa shape index (κ3) is 3.89. The van der Waals surface area contributed by atoms with Crippen molar-refractivity contribution in [1.82, 2.24) is 9.97 Å². The van der Waals surface area contributed by atoms with Gasteiger partial charge in [-0.05, 0) is 42.8 Å². The molecule has 158 valence electrons. The van der Waals surface area contributed by atoms with E-state index in [2.05, 4.69) is 14.7 Å². The average molecular weight is 462 g/mol. The molecule has 0 atom stereocenters. The molecule has 0 aliphatic carbocycles. The zero-order valence-corrected chi connectivity index (χ0v) is 17.5. The van der Waals surface area contributed by atoms with E-state index < -0.39 is 38.7 Å². The molecule has 0 aliphatic rings. The van der Waals surface area contributed by atoms with E-state index >= 15 is 4.39 Å². The largest absolute Gasteiger partial charge is 0.345 e. The molecule has 0 aliphatic heterocycles. The number of nitrogens with one attached hydrogen (secondary N) is 2. The Balaban J connectivity index is 1.77. The summed E-state index contributed by atoms with van der Waals surface area (Å²) in [4.78, 5) is 19.6. The molecule has 0 saturated heterocycles. The summed E-state index contributed by atoms with van der Waals surface area (Å²) in [5.41, 5.74) is -0.510. The Morgan fingerprint density at radius 3 is 2.68 bits per heavy atom. The quantitative estimate of drug-likeness (QED) is 0.416. The first-order valence-electron chi connectivity index (χ1n) is 8.92. The van der Waals surface area contributed by atoms with Crippen molar-refractivity contribution in [3.63, 3.8) is 0 Å². The number of H-pyrrole nitrogens is 1. The highest BCUT2D eigenvalue weighted by Crippen LogP contribution is 2.29. The molecular weight excluding hydrogens is 448 g/mol. The van der Waals surface area contributed by atoms with E-state index in [-0.39, 0.29) is 20.9 Å². The van der Waals surface area contributed by atoms with Crippen LogP contribution in [0.2, 0.25) is 5.02 Å². The number of ketones is 1. The Morgan fingerprint density at radius 1 is 1.16 bits per heavy atom. The predicted molar refractivity (Wildman–Crippen MR) is 113 cm³/mol. The van der Waals surface area contributed by atoms with Crippen LogP contribution in [0.1, 0.15) is 21.5 Å². The van der Waals surface area contributed by atoms with Crippen molar-refractivity contribution in [3.8, 4) is 0 Å². The Hall–Kier alpha value is -3.30. The summed E-state index contributed by atoms with van der Waals surface area (Å²) in [6, 6.07) is 9.16. The zero-order valence-electron chi connectivity index (χ0n) is 15.9. The van der Waals surface area contributed by atoms with Crippen molar-refractivity contribution >= 4 is 44.1 Å². The van der Waals surface area contributed by atoms with Gasteiger partial charge in [-0.15, -0.1) is 0 Å². The highest BCUT2D eigenvalue weighted by atomic mass is 35.5. The number of pyridine rings is 1. The number of anilines is 1. The Labute approximate surface area is 180 Å². The summed E-state index contributed by atoms with van der Waals surface area (Å²) >= 11 is 5.92. The molecule has 4 aromatic rings. The van der Waals surface area contributed by atoms with Crippen molar-refractivity contribution < 1.29 is 22.0 Å². The van der Waals surface area contributed by atoms with Gasteiger partial charge in [0, 0.05) is 23.3 Å². The molecule has 0 unspecified atom stereocenters. The van der Waals surface area contributed by atoms with Gasteiger partial charge in [-0.25, -0.2) is 22.2 Å². The van der Waals surface area contributed by atoms with Crippen molar-refractivity contribution in [1.29, 1.82) is 0 Å². The number of aromatic amines is 1. The second-order valence-corrected chi connectivity index (χ2v) is 8.91. The summed E-state index contributed by atoms with van der Waals surface area (Å²) in [7, 11) is -4.17. The second kappa shape index (κ2) is 7.75. The number of fused-ring (bicyclic) bond motifs is 1. The fraction of sp³-hybridized carbons (Fsp3) is 0.0476. The molecule has 6 nitrogen and oxygen atoms in total. The van der Waals surface area contributed by atoms with Gasteiger partial charge >= 0.3 is 0 Å². The molecule has 0 amide bonds. The van der Waals surface area contributed by atoms with E-state index in [4.69, 9.17) is 11.6 Å². The lowest BCUT2D eigenvalue weighted by Gasteiger charge is -2.12. The van der Waals surface area contributed by atoms with E-state index in [1.165, 1.54) is 36.7 Å². The summed E-state index contributed by atoms with van der Waals surface area (Å²) in [5, 5.41) is 0.517. The summed E-state index contributed by atoms with van der Waals surface area (Å²) in [6.45, 7) is 1.70. The number of hydrogen-bond acceptors (Lipinski definition) is 4.